The van der Waals surface area contributed by atoms with Gasteiger partial charge in [-0.15, -0.1) is 0 Å². The molecule has 1 amide bonds. The zero-order valence-corrected chi connectivity index (χ0v) is 18.2. The van der Waals surface area contributed by atoms with Gasteiger partial charge in [0, 0.05) is 31.1 Å². The molecule has 31 heavy (non-hydrogen) atoms. The van der Waals surface area contributed by atoms with E-state index in [4.69, 9.17) is 0 Å². The molecule has 3 aromatic rings. The van der Waals surface area contributed by atoms with E-state index in [1.165, 1.54) is 16.4 Å². The first kappa shape index (κ1) is 22.6. The maximum Gasteiger partial charge on any atom is 0.243 e. The molecule has 0 spiro atoms. The van der Waals surface area contributed by atoms with E-state index in [1.54, 1.807) is 56.3 Å². The van der Waals surface area contributed by atoms with Crippen molar-refractivity contribution < 1.29 is 17.6 Å². The highest BCUT2D eigenvalue weighted by molar-refractivity contribution is 7.89. The van der Waals surface area contributed by atoms with Gasteiger partial charge in [-0.25, -0.2) is 12.8 Å². The number of aromatic nitrogens is 2. The monoisotopic (exact) mass is 444 g/mol. The van der Waals surface area contributed by atoms with Gasteiger partial charge in [0.15, 0.2) is 5.82 Å². The van der Waals surface area contributed by atoms with E-state index in [0.29, 0.717) is 36.6 Å². The average molecular weight is 445 g/mol. The highest BCUT2D eigenvalue weighted by Crippen LogP contribution is 2.21. The van der Waals surface area contributed by atoms with E-state index >= 15 is 0 Å². The van der Waals surface area contributed by atoms with Gasteiger partial charge in [0.2, 0.25) is 15.9 Å². The first-order valence-electron chi connectivity index (χ1n) is 10.0. The third-order valence-corrected chi connectivity index (χ3v) is 6.95. The molecule has 0 aliphatic heterocycles. The number of anilines is 1. The molecule has 7 nitrogen and oxygen atoms in total. The minimum absolute atomic E-state index is 0.213. The molecule has 1 heterocycles. The lowest BCUT2D eigenvalue weighted by Gasteiger charge is -2.18. The number of carbonyl (C=O) groups excluding carboxylic acids is 1. The van der Waals surface area contributed by atoms with Crippen molar-refractivity contribution in [1.29, 1.82) is 0 Å². The zero-order valence-electron chi connectivity index (χ0n) is 17.4. The quantitative estimate of drug-likeness (QED) is 0.525. The molecular weight excluding hydrogens is 419 g/mol. The van der Waals surface area contributed by atoms with Gasteiger partial charge < -0.3 is 5.32 Å². The first-order valence-corrected chi connectivity index (χ1v) is 11.5. The number of carbonyl (C=O) groups is 1. The van der Waals surface area contributed by atoms with E-state index in [9.17, 15) is 17.6 Å². The number of halogens is 1. The largest absolute Gasteiger partial charge is 0.309 e. The second kappa shape index (κ2) is 9.84. The molecule has 2 aromatic carbocycles. The van der Waals surface area contributed by atoms with Gasteiger partial charge >= 0.3 is 0 Å². The summed E-state index contributed by atoms with van der Waals surface area (Å²) >= 11 is 0. The van der Waals surface area contributed by atoms with E-state index < -0.39 is 10.0 Å². The summed E-state index contributed by atoms with van der Waals surface area (Å²) in [5.74, 6) is -0.226. The summed E-state index contributed by atoms with van der Waals surface area (Å²) < 4.78 is 39.8. The minimum atomic E-state index is -3.49. The Labute approximate surface area is 181 Å². The van der Waals surface area contributed by atoms with Crippen LogP contribution in [0.25, 0.3) is 11.3 Å². The van der Waals surface area contributed by atoms with Crippen molar-refractivity contribution in [2.75, 3.05) is 18.4 Å². The first-order chi connectivity index (χ1) is 14.8. The van der Waals surface area contributed by atoms with Crippen LogP contribution in [-0.2, 0) is 21.2 Å². The van der Waals surface area contributed by atoms with Crippen molar-refractivity contribution in [2.24, 2.45) is 0 Å². The van der Waals surface area contributed by atoms with Crippen LogP contribution in [0.2, 0.25) is 0 Å². The van der Waals surface area contributed by atoms with E-state index in [-0.39, 0.29) is 23.0 Å². The number of H-pyrrole nitrogens is 1. The van der Waals surface area contributed by atoms with Crippen LogP contribution in [0.1, 0.15) is 25.8 Å². The smallest absolute Gasteiger partial charge is 0.243 e. The van der Waals surface area contributed by atoms with Crippen LogP contribution in [0.15, 0.2) is 59.5 Å². The predicted molar refractivity (Wildman–Crippen MR) is 117 cm³/mol. The number of benzene rings is 2. The number of aromatic amines is 1. The Morgan fingerprint density at radius 3 is 2.45 bits per heavy atom. The van der Waals surface area contributed by atoms with Gasteiger partial charge in [-0.2, -0.15) is 9.40 Å². The highest BCUT2D eigenvalue weighted by Gasteiger charge is 2.21. The maximum atomic E-state index is 13.4. The molecule has 164 valence electrons. The number of amides is 1. The number of aryl methyl sites for hydroxylation is 1. The van der Waals surface area contributed by atoms with Crippen molar-refractivity contribution in [3.05, 3.63) is 66.0 Å². The molecule has 0 fully saturated rings. The number of hydrogen-bond donors (Lipinski definition) is 2. The standard InChI is InChI=1S/C22H25FN4O3S/c1-3-27(4-2)31(29,30)19-11-8-16(9-12-19)10-13-22(28)24-21-15-20(25-26-21)17-6-5-7-18(23)14-17/h5-9,11-12,14-15H,3-4,10,13H2,1-2H3,(H2,24,25,26,28). The molecule has 1 aromatic heterocycles. The van der Waals surface area contributed by atoms with Crippen molar-refractivity contribution in [3.8, 4) is 11.3 Å². The van der Waals surface area contributed by atoms with Crippen LogP contribution >= 0.6 is 0 Å². The lowest BCUT2D eigenvalue weighted by atomic mass is 10.1. The summed E-state index contributed by atoms with van der Waals surface area (Å²) in [5.41, 5.74) is 2.09. The van der Waals surface area contributed by atoms with Crippen LogP contribution in [0.3, 0.4) is 0 Å². The van der Waals surface area contributed by atoms with Crippen LogP contribution in [0.5, 0.6) is 0 Å². The second-order valence-electron chi connectivity index (χ2n) is 6.96. The van der Waals surface area contributed by atoms with Crippen LogP contribution in [0, 0.1) is 5.82 Å². The van der Waals surface area contributed by atoms with Gasteiger partial charge in [0.05, 0.1) is 10.6 Å². The van der Waals surface area contributed by atoms with Crippen molar-refractivity contribution in [3.63, 3.8) is 0 Å². The summed E-state index contributed by atoms with van der Waals surface area (Å²) in [6, 6.07) is 14.3. The Kier molecular flexibility index (Phi) is 7.19. The summed E-state index contributed by atoms with van der Waals surface area (Å²) in [4.78, 5) is 12.5. The molecule has 0 aliphatic rings. The molecule has 0 saturated carbocycles. The maximum absolute atomic E-state index is 13.4. The fourth-order valence-corrected chi connectivity index (χ4v) is 4.65. The van der Waals surface area contributed by atoms with E-state index in [0.717, 1.165) is 5.56 Å². The fourth-order valence-electron chi connectivity index (χ4n) is 3.19. The summed E-state index contributed by atoms with van der Waals surface area (Å²) in [5, 5.41) is 9.52. The molecule has 9 heteroatoms. The van der Waals surface area contributed by atoms with Gasteiger partial charge in [0.25, 0.3) is 0 Å². The second-order valence-corrected chi connectivity index (χ2v) is 8.90. The number of sulfonamides is 1. The van der Waals surface area contributed by atoms with Gasteiger partial charge in [-0.3, -0.25) is 9.89 Å². The Morgan fingerprint density at radius 2 is 1.81 bits per heavy atom. The van der Waals surface area contributed by atoms with Gasteiger partial charge in [0.1, 0.15) is 5.82 Å². The normalized spacial score (nSPS) is 11.6. The molecule has 0 bridgehead atoms. The Hall–Kier alpha value is -3.04. The van der Waals surface area contributed by atoms with E-state index in [2.05, 4.69) is 15.5 Å². The lowest BCUT2D eigenvalue weighted by molar-refractivity contribution is -0.116. The topological polar surface area (TPSA) is 95.2 Å². The summed E-state index contributed by atoms with van der Waals surface area (Å²) in [6.45, 7) is 4.42. The number of nitrogens with zero attached hydrogens (tertiary/aromatic N) is 2. The Bertz CT molecular complexity index is 1140. The third-order valence-electron chi connectivity index (χ3n) is 4.89. The summed E-state index contributed by atoms with van der Waals surface area (Å²) in [7, 11) is -3.49. The molecule has 0 atom stereocenters. The highest BCUT2D eigenvalue weighted by atomic mass is 32.2. The molecule has 0 aliphatic carbocycles. The van der Waals surface area contributed by atoms with Crippen LogP contribution < -0.4 is 5.32 Å². The van der Waals surface area contributed by atoms with Gasteiger partial charge in [-0.05, 0) is 36.2 Å². The fraction of sp³-hybridized carbons (Fsp3) is 0.273. The Morgan fingerprint density at radius 1 is 1.10 bits per heavy atom. The van der Waals surface area contributed by atoms with Gasteiger partial charge in [-0.1, -0.05) is 38.1 Å². The van der Waals surface area contributed by atoms with Crippen molar-refractivity contribution >= 4 is 21.7 Å². The third kappa shape index (κ3) is 5.56. The molecular formula is C22H25FN4O3S. The average Bonchev–Trinajstić information content (AvgIpc) is 3.22. The van der Waals surface area contributed by atoms with Crippen LogP contribution in [0.4, 0.5) is 10.2 Å². The molecule has 0 unspecified atom stereocenters. The van der Waals surface area contributed by atoms with Crippen molar-refractivity contribution in [2.45, 2.75) is 31.6 Å². The number of nitrogens with one attached hydrogen (secondary N) is 2. The predicted octanol–water partition coefficient (Wildman–Crippen LogP) is 3.82. The summed E-state index contributed by atoms with van der Waals surface area (Å²) in [6.07, 6.45) is 0.670. The van der Waals surface area contributed by atoms with E-state index in [1.807, 2.05) is 0 Å². The number of hydrogen-bond acceptors (Lipinski definition) is 4. The SMILES string of the molecule is CCN(CC)S(=O)(=O)c1ccc(CCC(=O)Nc2cc(-c3cccc(F)c3)[nH]n2)cc1. The van der Waals surface area contributed by atoms with Crippen LogP contribution in [-0.4, -0.2) is 41.9 Å². The molecule has 0 radical (unpaired) electrons. The number of rotatable bonds is 9. The van der Waals surface area contributed by atoms with Crippen molar-refractivity contribution in [1.82, 2.24) is 14.5 Å². The minimum Gasteiger partial charge on any atom is -0.309 e. The molecule has 3 rings (SSSR count). The Balaban J connectivity index is 1.57. The lowest BCUT2D eigenvalue weighted by Crippen LogP contribution is -2.30. The molecule has 2 N–H and O–H groups in total. The molecule has 0 saturated heterocycles. The zero-order chi connectivity index (χ0) is 22.4.